The monoisotopic (exact) mass is 239 g/mol. The normalized spacial score (nSPS) is 12.0. The first-order chi connectivity index (χ1) is 7.45. The van der Waals surface area contributed by atoms with Crippen LogP contribution in [-0.4, -0.2) is 14.2 Å². The van der Waals surface area contributed by atoms with Gasteiger partial charge in [0.15, 0.2) is 9.84 Å². The van der Waals surface area contributed by atoms with Crippen molar-refractivity contribution in [3.63, 3.8) is 0 Å². The molecule has 0 aliphatic rings. The Hall–Kier alpha value is -0.830. The van der Waals surface area contributed by atoms with E-state index in [0.29, 0.717) is 4.90 Å². The molecule has 0 aliphatic carbocycles. The Balaban J connectivity index is 2.82. The van der Waals surface area contributed by atoms with Gasteiger partial charge in [-0.2, -0.15) is 0 Å². The van der Waals surface area contributed by atoms with Gasteiger partial charge in [-0.1, -0.05) is 38.0 Å². The van der Waals surface area contributed by atoms with Gasteiger partial charge in [-0.05, 0) is 31.4 Å². The summed E-state index contributed by atoms with van der Waals surface area (Å²) in [6.07, 6.45) is 1.88. The number of benzene rings is 1. The molecule has 0 fully saturated rings. The standard InChI is InChI=1S/C13H19O2S/c1-4-5-12(3)10-16(14,15)13-8-6-11(2)7-9-13/h6-9H,4-5,10H2,1-3H3. The Bertz CT molecular complexity index is 418. The van der Waals surface area contributed by atoms with Gasteiger partial charge in [0.05, 0.1) is 10.6 Å². The predicted octanol–water partition coefficient (Wildman–Crippen LogP) is 3.16. The summed E-state index contributed by atoms with van der Waals surface area (Å²) in [5.74, 6) is 1.20. The molecule has 3 heteroatoms. The average molecular weight is 239 g/mol. The highest BCUT2D eigenvalue weighted by molar-refractivity contribution is 7.91. The highest BCUT2D eigenvalue weighted by Gasteiger charge is 2.17. The molecule has 2 nitrogen and oxygen atoms in total. The second-order valence-electron chi connectivity index (χ2n) is 4.28. The highest BCUT2D eigenvalue weighted by atomic mass is 32.2. The molecule has 0 aromatic heterocycles. The smallest absolute Gasteiger partial charge is 0.178 e. The summed E-state index contributed by atoms with van der Waals surface area (Å²) in [6, 6.07) is 7.04. The molecule has 0 saturated carbocycles. The Labute approximate surface area is 98.6 Å². The lowest BCUT2D eigenvalue weighted by molar-refractivity contribution is 0.594. The average Bonchev–Trinajstić information content (AvgIpc) is 2.17. The van der Waals surface area contributed by atoms with Crippen molar-refractivity contribution < 1.29 is 8.42 Å². The molecular weight excluding hydrogens is 220 g/mol. The van der Waals surface area contributed by atoms with Gasteiger partial charge in [0.2, 0.25) is 0 Å². The Kier molecular flexibility index (Phi) is 4.54. The molecule has 1 aromatic carbocycles. The summed E-state index contributed by atoms with van der Waals surface area (Å²) >= 11 is 0. The summed E-state index contributed by atoms with van der Waals surface area (Å²) in [5, 5.41) is 0. The van der Waals surface area contributed by atoms with E-state index in [2.05, 4.69) is 6.92 Å². The topological polar surface area (TPSA) is 34.1 Å². The lowest BCUT2D eigenvalue weighted by Crippen LogP contribution is -2.12. The van der Waals surface area contributed by atoms with Crippen LogP contribution in [0.5, 0.6) is 0 Å². The molecule has 1 radical (unpaired) electrons. The number of aryl methyl sites for hydroxylation is 1. The van der Waals surface area contributed by atoms with Gasteiger partial charge < -0.3 is 0 Å². The molecule has 0 saturated heterocycles. The third-order valence-electron chi connectivity index (χ3n) is 2.49. The van der Waals surface area contributed by atoms with E-state index >= 15 is 0 Å². The van der Waals surface area contributed by atoms with E-state index in [0.717, 1.165) is 24.3 Å². The fourth-order valence-electron chi connectivity index (χ4n) is 1.65. The van der Waals surface area contributed by atoms with E-state index in [1.807, 2.05) is 26.0 Å². The van der Waals surface area contributed by atoms with Crippen molar-refractivity contribution >= 4 is 9.84 Å². The first-order valence-electron chi connectivity index (χ1n) is 5.56. The maximum atomic E-state index is 12.0. The largest absolute Gasteiger partial charge is 0.224 e. The number of hydrogen-bond donors (Lipinski definition) is 0. The molecule has 0 heterocycles. The van der Waals surface area contributed by atoms with Crippen LogP contribution in [0.2, 0.25) is 0 Å². The minimum absolute atomic E-state index is 0.171. The molecule has 1 rings (SSSR count). The lowest BCUT2D eigenvalue weighted by atomic mass is 10.1. The number of hydrogen-bond acceptors (Lipinski definition) is 2. The molecule has 0 spiro atoms. The van der Waals surface area contributed by atoms with Gasteiger partial charge in [-0.25, -0.2) is 8.42 Å². The molecule has 0 unspecified atom stereocenters. The molecule has 0 N–H and O–H groups in total. The molecule has 89 valence electrons. The predicted molar refractivity (Wildman–Crippen MR) is 67.1 cm³/mol. The van der Waals surface area contributed by atoms with Gasteiger partial charge in [-0.3, -0.25) is 0 Å². The van der Waals surface area contributed by atoms with E-state index in [9.17, 15) is 8.42 Å². The van der Waals surface area contributed by atoms with Crippen LogP contribution in [0.3, 0.4) is 0 Å². The van der Waals surface area contributed by atoms with Gasteiger partial charge >= 0.3 is 0 Å². The van der Waals surface area contributed by atoms with Gasteiger partial charge in [0.1, 0.15) is 0 Å². The van der Waals surface area contributed by atoms with Gasteiger partial charge in [0.25, 0.3) is 0 Å². The summed E-state index contributed by atoms with van der Waals surface area (Å²) in [7, 11) is -3.14. The fraction of sp³-hybridized carbons (Fsp3) is 0.462. The minimum atomic E-state index is -3.14. The molecule has 0 atom stereocenters. The van der Waals surface area contributed by atoms with Crippen molar-refractivity contribution in [1.82, 2.24) is 0 Å². The second-order valence-corrected chi connectivity index (χ2v) is 6.27. The molecule has 0 aliphatic heterocycles. The molecule has 0 bridgehead atoms. The maximum absolute atomic E-state index is 12.0. The van der Waals surface area contributed by atoms with Crippen LogP contribution in [0.15, 0.2) is 29.2 Å². The van der Waals surface area contributed by atoms with Crippen molar-refractivity contribution in [2.75, 3.05) is 5.75 Å². The second kappa shape index (κ2) is 5.48. The third-order valence-corrected chi connectivity index (χ3v) is 4.36. The number of rotatable bonds is 5. The van der Waals surface area contributed by atoms with Crippen molar-refractivity contribution in [3.8, 4) is 0 Å². The first kappa shape index (κ1) is 13.2. The minimum Gasteiger partial charge on any atom is -0.224 e. The van der Waals surface area contributed by atoms with Crippen molar-refractivity contribution in [3.05, 3.63) is 35.7 Å². The summed E-state index contributed by atoms with van der Waals surface area (Å²) in [4.78, 5) is 0.425. The zero-order chi connectivity index (χ0) is 12.2. The van der Waals surface area contributed by atoms with Gasteiger partial charge in [-0.15, -0.1) is 0 Å². The van der Waals surface area contributed by atoms with Crippen LogP contribution in [0.1, 0.15) is 32.3 Å². The maximum Gasteiger partial charge on any atom is 0.178 e. The Morgan fingerprint density at radius 3 is 2.25 bits per heavy atom. The van der Waals surface area contributed by atoms with E-state index in [4.69, 9.17) is 0 Å². The molecule has 0 amide bonds. The molecular formula is C13H19O2S. The van der Waals surface area contributed by atoms with Crippen molar-refractivity contribution in [2.24, 2.45) is 0 Å². The van der Waals surface area contributed by atoms with Crippen molar-refractivity contribution in [2.45, 2.75) is 38.5 Å². The van der Waals surface area contributed by atoms with E-state index < -0.39 is 9.84 Å². The zero-order valence-corrected chi connectivity index (χ0v) is 11.0. The quantitative estimate of drug-likeness (QED) is 0.791. The number of sulfone groups is 1. The van der Waals surface area contributed by atoms with Crippen LogP contribution in [0.4, 0.5) is 0 Å². The van der Waals surface area contributed by atoms with Crippen molar-refractivity contribution in [1.29, 1.82) is 0 Å². The van der Waals surface area contributed by atoms with Gasteiger partial charge in [0, 0.05) is 0 Å². The highest BCUT2D eigenvalue weighted by Crippen LogP contribution is 2.18. The van der Waals surface area contributed by atoms with Crippen LogP contribution >= 0.6 is 0 Å². The SMILES string of the molecule is CCC[C](C)CS(=O)(=O)c1ccc(C)cc1. The molecule has 16 heavy (non-hydrogen) atoms. The summed E-state index contributed by atoms with van der Waals surface area (Å²) < 4.78 is 24.0. The molecule has 1 aromatic rings. The van der Waals surface area contributed by atoms with E-state index in [1.165, 1.54) is 0 Å². The van der Waals surface area contributed by atoms with E-state index in [1.54, 1.807) is 12.1 Å². The Morgan fingerprint density at radius 1 is 1.19 bits per heavy atom. The summed E-state index contributed by atoms with van der Waals surface area (Å²) in [5.41, 5.74) is 1.08. The van der Waals surface area contributed by atoms with Crippen LogP contribution < -0.4 is 0 Å². The Morgan fingerprint density at radius 2 is 1.75 bits per heavy atom. The first-order valence-corrected chi connectivity index (χ1v) is 7.21. The van der Waals surface area contributed by atoms with Crippen LogP contribution in [0.25, 0.3) is 0 Å². The fourth-order valence-corrected chi connectivity index (χ4v) is 3.16. The van der Waals surface area contributed by atoms with E-state index in [-0.39, 0.29) is 5.75 Å². The third kappa shape index (κ3) is 3.63. The van der Waals surface area contributed by atoms with Crippen LogP contribution in [0, 0.1) is 12.8 Å². The van der Waals surface area contributed by atoms with Crippen LogP contribution in [-0.2, 0) is 9.84 Å². The lowest BCUT2D eigenvalue weighted by Gasteiger charge is -2.10. The summed E-state index contributed by atoms with van der Waals surface area (Å²) in [6.45, 7) is 5.92. The zero-order valence-electron chi connectivity index (χ0n) is 10.2.